The first kappa shape index (κ1) is 20.4. The number of esters is 1. The monoisotopic (exact) mass is 429 g/mol. The normalized spacial score (nSPS) is 34.6. The van der Waals surface area contributed by atoms with E-state index in [9.17, 15) is 4.79 Å². The van der Waals surface area contributed by atoms with E-state index in [0.717, 1.165) is 50.6 Å². The van der Waals surface area contributed by atoms with E-state index in [-0.39, 0.29) is 23.4 Å². The fourth-order valence-electron chi connectivity index (χ4n) is 6.59. The highest BCUT2D eigenvalue weighted by atomic mass is 35.5. The molecule has 2 aliphatic carbocycles. The molecule has 0 spiro atoms. The third-order valence-corrected chi connectivity index (χ3v) is 8.60. The fourth-order valence-corrected chi connectivity index (χ4v) is 6.72. The lowest BCUT2D eigenvalue weighted by atomic mass is 9.59. The van der Waals surface area contributed by atoms with E-state index in [1.165, 1.54) is 24.9 Å². The van der Waals surface area contributed by atoms with Crippen LogP contribution in [0.1, 0.15) is 46.0 Å². The average Bonchev–Trinajstić information content (AvgIpc) is 3.01. The molecule has 162 valence electrons. The molecule has 4 nitrogen and oxygen atoms in total. The number of allylic oxidation sites excluding steroid dienone is 2. The molecule has 30 heavy (non-hydrogen) atoms. The van der Waals surface area contributed by atoms with Gasteiger partial charge in [-0.05, 0) is 68.7 Å². The molecular formula is C25H34ClN2O2+. The minimum Gasteiger partial charge on any atom is -0.462 e. The predicted octanol–water partition coefficient (Wildman–Crippen LogP) is 3.50. The zero-order valence-corrected chi connectivity index (χ0v) is 19.0. The van der Waals surface area contributed by atoms with Gasteiger partial charge in [0.25, 0.3) is 0 Å². The molecule has 1 aromatic carbocycles. The summed E-state index contributed by atoms with van der Waals surface area (Å²) in [6.45, 7) is 9.85. The molecule has 0 radical (unpaired) electrons. The van der Waals surface area contributed by atoms with Crippen LogP contribution in [0.2, 0.25) is 5.02 Å². The van der Waals surface area contributed by atoms with E-state index in [1.807, 2.05) is 12.1 Å². The smallest absolute Gasteiger partial charge is 0.315 e. The number of piperazine rings is 1. The molecule has 4 aliphatic rings. The molecule has 2 heterocycles. The van der Waals surface area contributed by atoms with Crippen LogP contribution in [-0.2, 0) is 9.53 Å². The Morgan fingerprint density at radius 1 is 1.23 bits per heavy atom. The number of hydrogen-bond acceptors (Lipinski definition) is 3. The van der Waals surface area contributed by atoms with E-state index in [4.69, 9.17) is 16.3 Å². The highest BCUT2D eigenvalue weighted by Gasteiger charge is 2.54. The van der Waals surface area contributed by atoms with E-state index in [1.54, 1.807) is 16.0 Å². The summed E-state index contributed by atoms with van der Waals surface area (Å²) < 4.78 is 5.97. The minimum atomic E-state index is 0.0677. The number of carbonyl (C=O) groups excluding carboxylic acids is 1. The second-order valence-electron chi connectivity index (χ2n) is 10.2. The summed E-state index contributed by atoms with van der Waals surface area (Å²) in [5, 5.41) is 0.782. The maximum Gasteiger partial charge on any atom is 0.315 e. The molecule has 4 atom stereocenters. The number of hydrogen-bond donors (Lipinski definition) is 1. The maximum atomic E-state index is 12.8. The first-order chi connectivity index (χ1) is 14.4. The zero-order chi connectivity index (χ0) is 20.9. The van der Waals surface area contributed by atoms with Gasteiger partial charge in [0.15, 0.2) is 0 Å². The molecule has 0 aromatic heterocycles. The Bertz CT molecular complexity index is 843. The third kappa shape index (κ3) is 3.67. The van der Waals surface area contributed by atoms with Gasteiger partial charge in [-0.25, -0.2) is 0 Å². The molecule has 1 aromatic rings. The van der Waals surface area contributed by atoms with Crippen LogP contribution >= 0.6 is 11.6 Å². The van der Waals surface area contributed by atoms with E-state index >= 15 is 0 Å². The van der Waals surface area contributed by atoms with Crippen molar-refractivity contribution in [2.45, 2.75) is 52.1 Å². The maximum absolute atomic E-state index is 12.8. The zero-order valence-electron chi connectivity index (χ0n) is 18.3. The third-order valence-electron chi connectivity index (χ3n) is 8.35. The molecule has 0 bridgehead atoms. The van der Waals surface area contributed by atoms with Crippen LogP contribution in [0.25, 0.3) is 0 Å². The number of anilines is 1. The number of halogens is 1. The van der Waals surface area contributed by atoms with Crippen molar-refractivity contribution in [2.24, 2.45) is 17.3 Å². The van der Waals surface area contributed by atoms with Crippen molar-refractivity contribution in [3.63, 3.8) is 0 Å². The summed E-state index contributed by atoms with van der Waals surface area (Å²) >= 11 is 6.03. The Kier molecular flexibility index (Phi) is 5.35. The fraction of sp³-hybridized carbons (Fsp3) is 0.640. The summed E-state index contributed by atoms with van der Waals surface area (Å²) in [6.07, 6.45) is 6.02. The van der Waals surface area contributed by atoms with Gasteiger partial charge in [0.2, 0.25) is 0 Å². The SMILES string of the molecule is CC1=C2C[C@@H]3[C@H](C[NH+]4CCN(c5ccc(Cl)cc5)CC4)C(=O)O[C@@H]3C[C@@]2(C)CCC1. The first-order valence-electron chi connectivity index (χ1n) is 11.7. The summed E-state index contributed by atoms with van der Waals surface area (Å²) in [6, 6.07) is 8.13. The average molecular weight is 430 g/mol. The van der Waals surface area contributed by atoms with Crippen LogP contribution in [0.15, 0.2) is 35.4 Å². The van der Waals surface area contributed by atoms with Gasteiger partial charge in [0, 0.05) is 16.6 Å². The van der Waals surface area contributed by atoms with Crippen molar-refractivity contribution in [1.29, 1.82) is 0 Å². The second kappa shape index (κ2) is 7.87. The molecule has 5 rings (SSSR count). The van der Waals surface area contributed by atoms with Gasteiger partial charge in [-0.1, -0.05) is 29.7 Å². The number of carbonyl (C=O) groups is 1. The largest absolute Gasteiger partial charge is 0.462 e. The molecule has 0 unspecified atom stereocenters. The lowest BCUT2D eigenvalue weighted by Gasteiger charge is -2.45. The van der Waals surface area contributed by atoms with Gasteiger partial charge < -0.3 is 14.5 Å². The molecule has 1 saturated carbocycles. The van der Waals surface area contributed by atoms with Crippen LogP contribution in [-0.4, -0.2) is 44.8 Å². The predicted molar refractivity (Wildman–Crippen MR) is 120 cm³/mol. The van der Waals surface area contributed by atoms with E-state index in [2.05, 4.69) is 30.9 Å². The summed E-state index contributed by atoms with van der Waals surface area (Å²) in [5.74, 6) is 0.521. The van der Waals surface area contributed by atoms with Crippen molar-refractivity contribution in [2.75, 3.05) is 37.6 Å². The summed E-state index contributed by atoms with van der Waals surface area (Å²) in [4.78, 5) is 16.8. The first-order valence-corrected chi connectivity index (χ1v) is 12.0. The molecule has 3 fully saturated rings. The van der Waals surface area contributed by atoms with E-state index < -0.39 is 0 Å². The number of quaternary nitrogens is 1. The summed E-state index contributed by atoms with van der Waals surface area (Å²) in [5.41, 5.74) is 4.74. The molecule has 5 heteroatoms. The summed E-state index contributed by atoms with van der Waals surface area (Å²) in [7, 11) is 0. The molecular weight excluding hydrogens is 396 g/mol. The van der Waals surface area contributed by atoms with Crippen LogP contribution in [0.3, 0.4) is 0 Å². The minimum absolute atomic E-state index is 0.0677. The van der Waals surface area contributed by atoms with E-state index in [0.29, 0.717) is 5.92 Å². The van der Waals surface area contributed by atoms with Crippen molar-refractivity contribution >= 4 is 23.3 Å². The Balaban J connectivity index is 1.24. The van der Waals surface area contributed by atoms with Crippen molar-refractivity contribution in [3.8, 4) is 0 Å². The van der Waals surface area contributed by atoms with Crippen molar-refractivity contribution in [3.05, 3.63) is 40.4 Å². The Hall–Kier alpha value is -1.52. The standard InChI is InChI=1S/C25H33ClN2O2/c1-17-4-3-9-25(2)15-23-20(14-22(17)25)21(24(29)30-23)16-27-10-12-28(13-11-27)19-7-5-18(26)6-8-19/h5-8,20-21,23H,3-4,9-16H2,1-2H3/p+1/t20-,21+,23-,25-/m1/s1. The van der Waals surface area contributed by atoms with Gasteiger partial charge >= 0.3 is 5.97 Å². The lowest BCUT2D eigenvalue weighted by Crippen LogP contribution is -3.15. The topological polar surface area (TPSA) is 34.0 Å². The molecule has 1 N–H and O–H groups in total. The lowest BCUT2D eigenvalue weighted by molar-refractivity contribution is -0.903. The number of benzene rings is 1. The highest BCUT2D eigenvalue weighted by Crippen LogP contribution is 2.54. The van der Waals surface area contributed by atoms with Crippen LogP contribution in [0.4, 0.5) is 5.69 Å². The van der Waals surface area contributed by atoms with Crippen LogP contribution < -0.4 is 9.80 Å². The number of rotatable bonds is 3. The number of ether oxygens (including phenoxy) is 1. The van der Waals surface area contributed by atoms with Gasteiger partial charge in [0.05, 0.1) is 32.7 Å². The Morgan fingerprint density at radius 3 is 2.70 bits per heavy atom. The molecule has 2 saturated heterocycles. The number of nitrogens with zero attached hydrogens (tertiary/aromatic N) is 1. The Morgan fingerprint density at radius 2 is 1.97 bits per heavy atom. The number of nitrogens with one attached hydrogen (secondary N) is 1. The van der Waals surface area contributed by atoms with Crippen molar-refractivity contribution in [1.82, 2.24) is 0 Å². The quantitative estimate of drug-likeness (QED) is 0.589. The van der Waals surface area contributed by atoms with Gasteiger partial charge in [-0.15, -0.1) is 0 Å². The highest BCUT2D eigenvalue weighted by molar-refractivity contribution is 6.30. The van der Waals surface area contributed by atoms with Gasteiger partial charge in [-0.2, -0.15) is 0 Å². The second-order valence-corrected chi connectivity index (χ2v) is 10.7. The van der Waals surface area contributed by atoms with Crippen molar-refractivity contribution < 1.29 is 14.4 Å². The molecule has 2 aliphatic heterocycles. The van der Waals surface area contributed by atoms with Crippen LogP contribution in [0, 0.1) is 17.3 Å². The van der Waals surface area contributed by atoms with Crippen LogP contribution in [0.5, 0.6) is 0 Å². The Labute approximate surface area is 185 Å². The van der Waals surface area contributed by atoms with Gasteiger partial charge in [-0.3, -0.25) is 4.79 Å². The number of fused-ring (bicyclic) bond motifs is 2. The van der Waals surface area contributed by atoms with Gasteiger partial charge in [0.1, 0.15) is 12.0 Å². The molecule has 0 amide bonds.